The fourth-order valence-corrected chi connectivity index (χ4v) is 5.82. The van der Waals surface area contributed by atoms with Crippen molar-refractivity contribution in [2.45, 2.75) is 51.2 Å². The number of primary amides is 1. The number of carbonyl (C=O) groups is 5. The Morgan fingerprint density at radius 1 is 1.16 bits per heavy atom. The number of nitrogens with two attached hydrogens (primary N) is 2. The molecule has 2 fully saturated rings. The molecule has 1 aromatic carbocycles. The molecule has 1 aromatic rings. The summed E-state index contributed by atoms with van der Waals surface area (Å²) in [6.45, 7) is 1.98. The van der Waals surface area contributed by atoms with E-state index in [0.717, 1.165) is 12.0 Å². The Bertz CT molecular complexity index is 1080. The van der Waals surface area contributed by atoms with Gasteiger partial charge in [0.05, 0.1) is 11.5 Å². The molecule has 9 heteroatoms. The van der Waals surface area contributed by atoms with Gasteiger partial charge in [0.2, 0.25) is 5.91 Å². The van der Waals surface area contributed by atoms with Crippen molar-refractivity contribution in [3.8, 4) is 5.75 Å². The molecule has 2 saturated carbocycles. The molecule has 0 bridgehead atoms. The Labute approximate surface area is 184 Å². The number of amides is 1. The van der Waals surface area contributed by atoms with Crippen LogP contribution in [0.15, 0.2) is 6.07 Å². The van der Waals surface area contributed by atoms with Crippen molar-refractivity contribution in [3.05, 3.63) is 28.3 Å². The summed E-state index contributed by atoms with van der Waals surface area (Å²) in [5.74, 6) is -9.98. The molecular formula is C23H26N2O7. The fraction of sp³-hybridized carbons (Fsp3) is 0.522. The second-order valence-corrected chi connectivity index (χ2v) is 9.09. The first kappa shape index (κ1) is 22.3. The molecular weight excluding hydrogens is 416 g/mol. The van der Waals surface area contributed by atoms with Gasteiger partial charge in [-0.05, 0) is 36.3 Å². The van der Waals surface area contributed by atoms with Gasteiger partial charge in [-0.15, -0.1) is 0 Å². The van der Waals surface area contributed by atoms with E-state index >= 15 is 0 Å². The molecule has 0 spiro atoms. The van der Waals surface area contributed by atoms with Gasteiger partial charge in [0.1, 0.15) is 5.75 Å². The van der Waals surface area contributed by atoms with Crippen molar-refractivity contribution in [2.75, 3.05) is 0 Å². The van der Waals surface area contributed by atoms with Gasteiger partial charge in [0, 0.05) is 24.4 Å². The summed E-state index contributed by atoms with van der Waals surface area (Å²) in [4.78, 5) is 63.9. The molecule has 3 aliphatic rings. The lowest BCUT2D eigenvalue weighted by atomic mass is 9.53. The molecule has 0 saturated heterocycles. The van der Waals surface area contributed by atoms with Gasteiger partial charge in [0.25, 0.3) is 0 Å². The normalized spacial score (nSPS) is 31.7. The summed E-state index contributed by atoms with van der Waals surface area (Å²) in [7, 11) is 0. The van der Waals surface area contributed by atoms with Crippen molar-refractivity contribution >= 4 is 29.0 Å². The summed E-state index contributed by atoms with van der Waals surface area (Å²) in [6, 6.07) is 1.78. The van der Waals surface area contributed by atoms with Crippen LogP contribution in [0.25, 0.3) is 0 Å². The largest absolute Gasteiger partial charge is 0.507 e. The van der Waals surface area contributed by atoms with Gasteiger partial charge in [-0.1, -0.05) is 19.4 Å². The fourth-order valence-electron chi connectivity index (χ4n) is 5.82. The molecule has 0 aromatic heterocycles. The van der Waals surface area contributed by atoms with Crippen LogP contribution in [-0.4, -0.2) is 44.9 Å². The van der Waals surface area contributed by atoms with Gasteiger partial charge >= 0.3 is 0 Å². The maximum Gasteiger partial charge on any atom is 0.235 e. The number of Topliss-reactive ketones (excluding diaryl/α,β-unsaturated/α-hetero) is 4. The van der Waals surface area contributed by atoms with E-state index in [0.29, 0.717) is 24.0 Å². The molecule has 170 valence electrons. The molecule has 0 aliphatic heterocycles. The van der Waals surface area contributed by atoms with Crippen LogP contribution in [0.3, 0.4) is 0 Å². The number of hydrogen-bond acceptors (Lipinski definition) is 8. The van der Waals surface area contributed by atoms with E-state index in [2.05, 4.69) is 0 Å². The van der Waals surface area contributed by atoms with Gasteiger partial charge in [-0.2, -0.15) is 0 Å². The van der Waals surface area contributed by atoms with E-state index in [-0.39, 0.29) is 30.7 Å². The molecule has 0 radical (unpaired) electrons. The minimum absolute atomic E-state index is 0.00193. The molecule has 32 heavy (non-hydrogen) atoms. The highest BCUT2D eigenvalue weighted by Crippen LogP contribution is 2.50. The van der Waals surface area contributed by atoms with Gasteiger partial charge in [-0.25, -0.2) is 0 Å². The third-order valence-corrected chi connectivity index (χ3v) is 7.31. The van der Waals surface area contributed by atoms with E-state index in [4.69, 9.17) is 11.5 Å². The quantitative estimate of drug-likeness (QED) is 0.461. The van der Waals surface area contributed by atoms with Crippen molar-refractivity contribution in [3.63, 3.8) is 0 Å². The smallest absolute Gasteiger partial charge is 0.235 e. The number of phenols is 1. The van der Waals surface area contributed by atoms with E-state index in [1.807, 2.05) is 6.92 Å². The van der Waals surface area contributed by atoms with Crippen molar-refractivity contribution in [2.24, 2.45) is 35.1 Å². The van der Waals surface area contributed by atoms with E-state index < -0.39 is 58.3 Å². The number of benzene rings is 1. The average Bonchev–Trinajstić information content (AvgIpc) is 2.72. The van der Waals surface area contributed by atoms with Crippen LogP contribution in [0.2, 0.25) is 0 Å². The van der Waals surface area contributed by atoms with Gasteiger partial charge in [-0.3, -0.25) is 24.0 Å². The Morgan fingerprint density at radius 3 is 2.44 bits per heavy atom. The predicted octanol–water partition coefficient (Wildman–Crippen LogP) is -0.262. The Hall–Kier alpha value is -2.91. The first-order valence-corrected chi connectivity index (χ1v) is 10.8. The number of fused-ring (bicyclic) bond motifs is 3. The SMILES string of the molecule is CCCc1cc(CN)c(O)c2c1C[C@H]1C[C@H]3CC(=O)C(C(N)=O)C(=O)[C@@]3(O)C(=O)C1C2=O. The average molecular weight is 442 g/mol. The zero-order valence-corrected chi connectivity index (χ0v) is 17.7. The number of aliphatic hydroxyl groups is 1. The number of aryl methyl sites for hydroxylation is 1. The Kier molecular flexibility index (Phi) is 5.29. The number of rotatable bonds is 4. The maximum absolute atomic E-state index is 13.5. The highest BCUT2D eigenvalue weighted by Gasteiger charge is 2.66. The molecule has 4 rings (SSSR count). The van der Waals surface area contributed by atoms with E-state index in [1.54, 1.807) is 6.07 Å². The second kappa shape index (κ2) is 7.60. The monoisotopic (exact) mass is 442 g/mol. The van der Waals surface area contributed by atoms with E-state index in [9.17, 15) is 34.2 Å². The van der Waals surface area contributed by atoms with E-state index in [1.165, 1.54) is 0 Å². The molecule has 6 N–H and O–H groups in total. The number of phenolic OH excluding ortho intramolecular Hbond substituents is 1. The zero-order valence-electron chi connectivity index (χ0n) is 17.7. The minimum atomic E-state index is -2.63. The molecule has 1 amide bonds. The van der Waals surface area contributed by atoms with Crippen LogP contribution < -0.4 is 11.5 Å². The zero-order chi connectivity index (χ0) is 23.5. The predicted molar refractivity (Wildman–Crippen MR) is 110 cm³/mol. The lowest BCUT2D eigenvalue weighted by Gasteiger charge is -2.48. The Balaban J connectivity index is 1.84. The third-order valence-electron chi connectivity index (χ3n) is 7.31. The van der Waals surface area contributed by atoms with Crippen LogP contribution in [0, 0.1) is 23.7 Å². The number of ketones is 4. The molecule has 9 nitrogen and oxygen atoms in total. The molecule has 0 heterocycles. The number of aromatic hydroxyl groups is 1. The summed E-state index contributed by atoms with van der Waals surface area (Å²) in [5.41, 5.74) is 10.2. The van der Waals surface area contributed by atoms with Crippen molar-refractivity contribution in [1.82, 2.24) is 0 Å². The van der Waals surface area contributed by atoms with Crippen molar-refractivity contribution < 1.29 is 34.2 Å². The maximum atomic E-state index is 13.5. The minimum Gasteiger partial charge on any atom is -0.507 e. The molecule has 3 aliphatic carbocycles. The third kappa shape index (κ3) is 2.87. The lowest BCUT2D eigenvalue weighted by Crippen LogP contribution is -2.68. The van der Waals surface area contributed by atoms with Crippen LogP contribution in [0.4, 0.5) is 0 Å². The first-order chi connectivity index (χ1) is 15.1. The summed E-state index contributed by atoms with van der Waals surface area (Å²) < 4.78 is 0. The topological polar surface area (TPSA) is 178 Å². The highest BCUT2D eigenvalue weighted by atomic mass is 16.3. The van der Waals surface area contributed by atoms with Gasteiger partial charge < -0.3 is 21.7 Å². The van der Waals surface area contributed by atoms with Crippen LogP contribution in [0.1, 0.15) is 53.2 Å². The van der Waals surface area contributed by atoms with Crippen LogP contribution >= 0.6 is 0 Å². The summed E-state index contributed by atoms with van der Waals surface area (Å²) >= 11 is 0. The molecule has 2 unspecified atom stereocenters. The van der Waals surface area contributed by atoms with Crippen molar-refractivity contribution in [1.29, 1.82) is 0 Å². The van der Waals surface area contributed by atoms with Crippen LogP contribution in [-0.2, 0) is 38.6 Å². The van der Waals surface area contributed by atoms with Crippen LogP contribution in [0.5, 0.6) is 5.75 Å². The number of hydrogen-bond donors (Lipinski definition) is 4. The second-order valence-electron chi connectivity index (χ2n) is 9.09. The highest BCUT2D eigenvalue weighted by molar-refractivity contribution is 6.31. The van der Waals surface area contributed by atoms with Gasteiger partial charge in [0.15, 0.2) is 34.7 Å². The lowest BCUT2D eigenvalue weighted by molar-refractivity contribution is -0.175. The summed E-state index contributed by atoms with van der Waals surface area (Å²) in [6.07, 6.45) is 1.48. The summed E-state index contributed by atoms with van der Waals surface area (Å²) in [5, 5.41) is 21.9. The standard InChI is InChI=1S/C23H26N2O7/c1-2-3-9-4-11(8-24)18(27)16-13(9)6-10-5-12-7-14(26)17(22(25)31)21(30)23(12,32)20(29)15(10)19(16)28/h4,10,12,15,17,27,32H,2-3,5-8,24H2,1H3,(H2,25,31)/t10-,12+,15?,17?,23+/m1/s1. The number of carbonyl (C=O) groups excluding carboxylic acids is 5. The molecule has 5 atom stereocenters. The Morgan fingerprint density at radius 2 is 1.84 bits per heavy atom. The first-order valence-electron chi connectivity index (χ1n) is 10.8.